The fraction of sp³-hybridized carbons (Fsp3) is 0.682. The quantitative estimate of drug-likeness (QED) is 0.122. The zero-order valence-electron chi connectivity index (χ0n) is 17.2. The van der Waals surface area contributed by atoms with Gasteiger partial charge in [-0.1, -0.05) is 63.3 Å². The second kappa shape index (κ2) is 14.2. The molecule has 0 aromatic heterocycles. The molecule has 2 amide bonds. The number of quaternary nitrogens is 1. The molecule has 0 aromatic carbocycles. The predicted octanol–water partition coefficient (Wildman–Crippen LogP) is 5.42. The molecule has 1 saturated heterocycles. The summed E-state index contributed by atoms with van der Waals surface area (Å²) in [5.74, 6) is -2.55. The minimum Gasteiger partial charge on any atom is -0.574 e. The molecule has 0 N–H and O–H groups in total. The van der Waals surface area contributed by atoms with E-state index in [1.807, 2.05) is 0 Å². The molecule has 0 aromatic rings. The second-order valence-electron chi connectivity index (χ2n) is 7.28. The van der Waals surface area contributed by atoms with Gasteiger partial charge < -0.3 is 5.21 Å². The van der Waals surface area contributed by atoms with Crippen LogP contribution in [-0.4, -0.2) is 22.6 Å². The first-order chi connectivity index (χ1) is 13.5. The number of hydrogen-bond donors (Lipinski definition) is 0. The standard InChI is InChI=1S/C22H35NO5/c1-2-3-4-5-6-7-8-9-10-11-12-13-14-15-16-17-22(26)28-23(27)20(24)18-19-21(23)25/h6-7,9-10H,2-5,8,11-19H2,1H3/b7-6-,10-9-. The molecule has 28 heavy (non-hydrogen) atoms. The zero-order chi connectivity index (χ0) is 20.7. The monoisotopic (exact) mass is 393 g/mol. The molecule has 1 rings (SSSR count). The lowest BCUT2D eigenvalue weighted by molar-refractivity contribution is -0.915. The molecule has 1 heterocycles. The minimum absolute atomic E-state index is 0.0628. The first-order valence-electron chi connectivity index (χ1n) is 10.7. The summed E-state index contributed by atoms with van der Waals surface area (Å²) in [5.41, 5.74) is 0. The fourth-order valence-electron chi connectivity index (χ4n) is 3.02. The van der Waals surface area contributed by atoms with E-state index in [2.05, 4.69) is 36.1 Å². The number of carbonyl (C=O) groups is 3. The van der Waals surface area contributed by atoms with Crippen molar-refractivity contribution in [3.63, 3.8) is 0 Å². The van der Waals surface area contributed by atoms with Gasteiger partial charge in [-0.3, -0.25) is 4.84 Å². The Morgan fingerprint density at radius 1 is 0.893 bits per heavy atom. The molecule has 0 saturated carbocycles. The highest BCUT2D eigenvalue weighted by Crippen LogP contribution is 2.23. The smallest absolute Gasteiger partial charge is 0.368 e. The van der Waals surface area contributed by atoms with Crippen LogP contribution < -0.4 is 0 Å². The van der Waals surface area contributed by atoms with Gasteiger partial charge in [-0.2, -0.15) is 0 Å². The van der Waals surface area contributed by atoms with E-state index < -0.39 is 22.6 Å². The van der Waals surface area contributed by atoms with E-state index in [4.69, 9.17) is 0 Å². The van der Waals surface area contributed by atoms with Crippen molar-refractivity contribution in [3.8, 4) is 0 Å². The average molecular weight is 394 g/mol. The summed E-state index contributed by atoms with van der Waals surface area (Å²) in [4.78, 5) is 37.0. The van der Waals surface area contributed by atoms with Crippen molar-refractivity contribution in [3.05, 3.63) is 29.5 Å². The topological polar surface area (TPSA) is 83.5 Å². The van der Waals surface area contributed by atoms with Crippen LogP contribution in [0.1, 0.15) is 96.8 Å². The molecule has 0 unspecified atom stereocenters. The van der Waals surface area contributed by atoms with Gasteiger partial charge in [0.05, 0.1) is 19.3 Å². The van der Waals surface area contributed by atoms with Crippen LogP contribution in [-0.2, 0) is 19.2 Å². The number of imide groups is 1. The number of rotatable bonds is 15. The van der Waals surface area contributed by atoms with Gasteiger partial charge in [-0.05, 0) is 43.3 Å². The van der Waals surface area contributed by atoms with E-state index in [9.17, 15) is 19.6 Å². The third-order valence-electron chi connectivity index (χ3n) is 4.77. The second-order valence-corrected chi connectivity index (χ2v) is 7.28. The maximum absolute atomic E-state index is 11.9. The largest absolute Gasteiger partial charge is 0.574 e. The lowest BCUT2D eigenvalue weighted by atomic mass is 10.1. The molecule has 6 heteroatoms. The van der Waals surface area contributed by atoms with Crippen molar-refractivity contribution in [2.24, 2.45) is 0 Å². The molecule has 6 nitrogen and oxygen atoms in total. The van der Waals surface area contributed by atoms with Gasteiger partial charge >= 0.3 is 17.8 Å². The van der Waals surface area contributed by atoms with Crippen molar-refractivity contribution in [1.29, 1.82) is 0 Å². The van der Waals surface area contributed by atoms with Crippen molar-refractivity contribution in [1.82, 2.24) is 0 Å². The number of hydroxylamine groups is 4. The van der Waals surface area contributed by atoms with E-state index in [0.717, 1.165) is 38.5 Å². The van der Waals surface area contributed by atoms with Crippen molar-refractivity contribution < 1.29 is 24.0 Å². The summed E-state index contributed by atoms with van der Waals surface area (Å²) in [7, 11) is 0. The van der Waals surface area contributed by atoms with Crippen LogP contribution in [0.5, 0.6) is 0 Å². The first-order valence-corrected chi connectivity index (χ1v) is 10.7. The highest BCUT2D eigenvalue weighted by molar-refractivity contribution is 5.92. The summed E-state index contributed by atoms with van der Waals surface area (Å²) >= 11 is 0. The maximum atomic E-state index is 11.9. The Kier molecular flexibility index (Phi) is 12.3. The molecule has 0 atom stereocenters. The highest BCUT2D eigenvalue weighted by Gasteiger charge is 2.47. The lowest BCUT2D eigenvalue weighted by Crippen LogP contribution is -2.48. The third kappa shape index (κ3) is 9.42. The molecule has 1 fully saturated rings. The van der Waals surface area contributed by atoms with Crippen LogP contribution in [0, 0.1) is 5.21 Å². The lowest BCUT2D eigenvalue weighted by Gasteiger charge is -2.27. The van der Waals surface area contributed by atoms with Crippen LogP contribution in [0.15, 0.2) is 24.3 Å². The Morgan fingerprint density at radius 2 is 1.43 bits per heavy atom. The van der Waals surface area contributed by atoms with E-state index in [0.29, 0.717) is 6.42 Å². The maximum Gasteiger partial charge on any atom is 0.368 e. The number of nitrogens with zero attached hydrogens (tertiary/aromatic N) is 1. The molecular formula is C22H35NO5. The Bertz CT molecular complexity index is 537. The van der Waals surface area contributed by atoms with Crippen LogP contribution >= 0.6 is 0 Å². The molecule has 0 spiro atoms. The number of carbonyl (C=O) groups excluding carboxylic acids is 3. The third-order valence-corrected chi connectivity index (χ3v) is 4.77. The number of hydrogen-bond acceptors (Lipinski definition) is 5. The van der Waals surface area contributed by atoms with Crippen molar-refractivity contribution >= 4 is 17.8 Å². The van der Waals surface area contributed by atoms with Gasteiger partial charge in [0.2, 0.25) is 0 Å². The molecule has 158 valence electrons. The van der Waals surface area contributed by atoms with Crippen LogP contribution in [0.4, 0.5) is 0 Å². The predicted molar refractivity (Wildman–Crippen MR) is 108 cm³/mol. The van der Waals surface area contributed by atoms with Gasteiger partial charge in [0.25, 0.3) is 0 Å². The van der Waals surface area contributed by atoms with Crippen molar-refractivity contribution in [2.75, 3.05) is 0 Å². The molecule has 0 aliphatic carbocycles. The summed E-state index contributed by atoms with van der Waals surface area (Å²) in [5, 5.41) is 11.9. The van der Waals surface area contributed by atoms with E-state index >= 15 is 0 Å². The number of unbranched alkanes of at least 4 members (excludes halogenated alkanes) is 8. The van der Waals surface area contributed by atoms with Gasteiger partial charge in [-0.15, -0.1) is 0 Å². The fourth-order valence-corrected chi connectivity index (χ4v) is 3.02. The molecule has 1 aliphatic heterocycles. The van der Waals surface area contributed by atoms with Crippen LogP contribution in [0.25, 0.3) is 0 Å². The summed E-state index contributed by atoms with van der Waals surface area (Å²) in [6.07, 6.45) is 20.4. The average Bonchev–Trinajstić information content (AvgIpc) is 2.92. The SMILES string of the molecule is CCCCC/C=C\C/C=C\CCCCCCCC(=O)O[N+]1([O-])C(=O)CCC1=O. The Morgan fingerprint density at radius 3 is 2.04 bits per heavy atom. The van der Waals surface area contributed by atoms with Crippen LogP contribution in [0.2, 0.25) is 0 Å². The number of amides is 2. The van der Waals surface area contributed by atoms with Gasteiger partial charge in [0, 0.05) is 0 Å². The molecular weight excluding hydrogens is 358 g/mol. The zero-order valence-corrected chi connectivity index (χ0v) is 17.2. The van der Waals surface area contributed by atoms with Crippen LogP contribution in [0.3, 0.4) is 0 Å². The summed E-state index contributed by atoms with van der Waals surface area (Å²) in [6.45, 7) is 2.21. The Balaban J connectivity index is 1.96. The van der Waals surface area contributed by atoms with Gasteiger partial charge in [-0.25, -0.2) is 14.4 Å². The van der Waals surface area contributed by atoms with Crippen molar-refractivity contribution in [2.45, 2.75) is 96.8 Å². The molecule has 1 aliphatic rings. The molecule has 0 bridgehead atoms. The highest BCUT2D eigenvalue weighted by atomic mass is 17.0. The number of allylic oxidation sites excluding steroid dienone is 4. The Labute approximate surface area is 168 Å². The first kappa shape index (κ1) is 24.2. The Hall–Kier alpha value is -1.79. The van der Waals surface area contributed by atoms with Gasteiger partial charge in [0.15, 0.2) is 0 Å². The van der Waals surface area contributed by atoms with E-state index in [1.165, 1.54) is 25.7 Å². The van der Waals surface area contributed by atoms with E-state index in [1.54, 1.807) is 0 Å². The van der Waals surface area contributed by atoms with Gasteiger partial charge in [0.1, 0.15) is 0 Å². The summed E-state index contributed by atoms with van der Waals surface area (Å²) < 4.78 is 0. The van der Waals surface area contributed by atoms with E-state index in [-0.39, 0.29) is 19.3 Å². The summed E-state index contributed by atoms with van der Waals surface area (Å²) in [6, 6.07) is 0. The normalized spacial score (nSPS) is 16.5. The minimum atomic E-state index is -2.06. The molecule has 0 radical (unpaired) electrons.